The van der Waals surface area contributed by atoms with Crippen LogP contribution in [0.3, 0.4) is 0 Å². The van der Waals surface area contributed by atoms with Gasteiger partial charge in [0.25, 0.3) is 0 Å². The summed E-state index contributed by atoms with van der Waals surface area (Å²) in [5.74, 6) is 0.128. The molecule has 0 bridgehead atoms. The first-order valence-corrected chi connectivity index (χ1v) is 6.28. The van der Waals surface area contributed by atoms with E-state index in [1.165, 1.54) is 0 Å². The van der Waals surface area contributed by atoms with Gasteiger partial charge in [-0.3, -0.25) is 0 Å². The summed E-state index contributed by atoms with van der Waals surface area (Å²) >= 11 is 0. The number of hydrogen-bond acceptors (Lipinski definition) is 3. The molecule has 92 valence electrons. The van der Waals surface area contributed by atoms with Crippen molar-refractivity contribution in [3.8, 4) is 0 Å². The van der Waals surface area contributed by atoms with E-state index < -0.39 is 5.67 Å². The van der Waals surface area contributed by atoms with Crippen LogP contribution in [0.1, 0.15) is 32.1 Å². The lowest BCUT2D eigenvalue weighted by Gasteiger charge is -2.49. The van der Waals surface area contributed by atoms with E-state index >= 15 is 0 Å². The minimum Gasteiger partial charge on any atom is -0.378 e. The van der Waals surface area contributed by atoms with Crippen molar-refractivity contribution in [1.29, 1.82) is 0 Å². The molecular formula is C12H20FNO2. The summed E-state index contributed by atoms with van der Waals surface area (Å²) in [6.45, 7) is 2.08. The molecule has 0 radical (unpaired) electrons. The zero-order valence-electron chi connectivity index (χ0n) is 9.58. The molecule has 0 aromatic heterocycles. The van der Waals surface area contributed by atoms with Gasteiger partial charge in [-0.1, -0.05) is 0 Å². The molecule has 2 aliphatic heterocycles. The van der Waals surface area contributed by atoms with E-state index in [1.807, 2.05) is 0 Å². The van der Waals surface area contributed by atoms with Crippen LogP contribution in [0.15, 0.2) is 0 Å². The van der Waals surface area contributed by atoms with Crippen molar-refractivity contribution in [2.24, 2.45) is 11.7 Å². The van der Waals surface area contributed by atoms with Crippen molar-refractivity contribution in [1.82, 2.24) is 0 Å². The number of rotatable bonds is 1. The third-order valence-corrected chi connectivity index (χ3v) is 4.49. The average molecular weight is 229 g/mol. The molecule has 2 unspecified atom stereocenters. The Labute approximate surface area is 95.5 Å². The molecule has 0 amide bonds. The maximum atomic E-state index is 14.5. The summed E-state index contributed by atoms with van der Waals surface area (Å²) < 4.78 is 25.7. The summed E-state index contributed by atoms with van der Waals surface area (Å²) in [6.07, 6.45) is 3.65. The molecule has 1 saturated carbocycles. The molecule has 3 rings (SSSR count). The second-order valence-electron chi connectivity index (χ2n) is 5.73. The second-order valence-corrected chi connectivity index (χ2v) is 5.73. The van der Waals surface area contributed by atoms with Gasteiger partial charge in [-0.05, 0) is 31.6 Å². The molecule has 1 aliphatic carbocycles. The van der Waals surface area contributed by atoms with Crippen LogP contribution in [0.4, 0.5) is 4.39 Å². The fourth-order valence-corrected chi connectivity index (χ4v) is 3.48. The number of alkyl halides is 1. The minimum atomic E-state index is -1.02. The van der Waals surface area contributed by atoms with Crippen molar-refractivity contribution >= 4 is 0 Å². The van der Waals surface area contributed by atoms with Gasteiger partial charge in [0.1, 0.15) is 5.67 Å². The Kier molecular flexibility index (Phi) is 2.50. The van der Waals surface area contributed by atoms with Gasteiger partial charge in [0.15, 0.2) is 0 Å². The Morgan fingerprint density at radius 2 is 2.00 bits per heavy atom. The van der Waals surface area contributed by atoms with Crippen LogP contribution in [0.5, 0.6) is 0 Å². The summed E-state index contributed by atoms with van der Waals surface area (Å²) in [7, 11) is 0. The van der Waals surface area contributed by atoms with Gasteiger partial charge in [0.2, 0.25) is 0 Å². The van der Waals surface area contributed by atoms with Crippen molar-refractivity contribution in [3.05, 3.63) is 0 Å². The Morgan fingerprint density at radius 1 is 1.19 bits per heavy atom. The van der Waals surface area contributed by atoms with Crippen molar-refractivity contribution in [2.45, 2.75) is 49.4 Å². The maximum Gasteiger partial charge on any atom is 0.117 e. The van der Waals surface area contributed by atoms with E-state index in [0.717, 1.165) is 25.9 Å². The topological polar surface area (TPSA) is 44.5 Å². The Balaban J connectivity index is 1.68. The lowest BCUT2D eigenvalue weighted by Crippen LogP contribution is -2.56. The van der Waals surface area contributed by atoms with Crippen LogP contribution in [-0.4, -0.2) is 37.1 Å². The SMILES string of the molecule is NC1CC(F)(C2CCOC3(CCOC3)C2)C1. The van der Waals surface area contributed by atoms with Gasteiger partial charge in [0, 0.05) is 25.7 Å². The minimum absolute atomic E-state index is 0.0728. The molecule has 3 nitrogen and oxygen atoms in total. The summed E-state index contributed by atoms with van der Waals surface area (Å²) in [6, 6.07) is 0.0728. The van der Waals surface area contributed by atoms with E-state index in [1.54, 1.807) is 0 Å². The maximum absolute atomic E-state index is 14.5. The molecule has 3 fully saturated rings. The van der Waals surface area contributed by atoms with Gasteiger partial charge >= 0.3 is 0 Å². The normalized spacial score (nSPS) is 52.9. The number of halogens is 1. The molecular weight excluding hydrogens is 209 g/mol. The molecule has 2 heterocycles. The predicted octanol–water partition coefficient (Wildman–Crippen LogP) is 1.40. The second kappa shape index (κ2) is 3.65. The number of hydrogen-bond donors (Lipinski definition) is 1. The van der Waals surface area contributed by atoms with Crippen LogP contribution in [-0.2, 0) is 9.47 Å². The molecule has 2 N–H and O–H groups in total. The first-order chi connectivity index (χ1) is 7.62. The monoisotopic (exact) mass is 229 g/mol. The molecule has 1 spiro atoms. The zero-order chi connectivity index (χ0) is 11.2. The van der Waals surface area contributed by atoms with E-state index in [4.69, 9.17) is 15.2 Å². The highest BCUT2D eigenvalue weighted by Crippen LogP contribution is 2.49. The molecule has 0 aromatic rings. The molecule has 4 heteroatoms. The lowest BCUT2D eigenvalue weighted by atomic mass is 9.65. The van der Waals surface area contributed by atoms with Crippen molar-refractivity contribution in [2.75, 3.05) is 19.8 Å². The third-order valence-electron chi connectivity index (χ3n) is 4.49. The first-order valence-electron chi connectivity index (χ1n) is 6.28. The quantitative estimate of drug-likeness (QED) is 0.739. The van der Waals surface area contributed by atoms with Crippen LogP contribution in [0.25, 0.3) is 0 Å². The van der Waals surface area contributed by atoms with Gasteiger partial charge in [-0.15, -0.1) is 0 Å². The van der Waals surface area contributed by atoms with Crippen molar-refractivity contribution in [3.63, 3.8) is 0 Å². The van der Waals surface area contributed by atoms with Gasteiger partial charge < -0.3 is 15.2 Å². The highest BCUT2D eigenvalue weighted by atomic mass is 19.1. The summed E-state index contributed by atoms with van der Waals surface area (Å²) in [5, 5.41) is 0. The fourth-order valence-electron chi connectivity index (χ4n) is 3.48. The Morgan fingerprint density at radius 3 is 2.62 bits per heavy atom. The zero-order valence-corrected chi connectivity index (χ0v) is 9.58. The highest BCUT2D eigenvalue weighted by Gasteiger charge is 2.53. The lowest BCUT2D eigenvalue weighted by molar-refractivity contribution is -0.142. The standard InChI is InChI=1S/C12H20FNO2/c13-12(6-10(14)7-12)9-1-3-16-11(5-9)2-4-15-8-11/h9-10H,1-8,14H2. The predicted molar refractivity (Wildman–Crippen MR) is 57.9 cm³/mol. The van der Waals surface area contributed by atoms with E-state index in [2.05, 4.69) is 0 Å². The Bertz CT molecular complexity index is 272. The largest absolute Gasteiger partial charge is 0.378 e. The van der Waals surface area contributed by atoms with Gasteiger partial charge in [0.05, 0.1) is 12.2 Å². The van der Waals surface area contributed by atoms with Gasteiger partial charge in [-0.2, -0.15) is 0 Å². The highest BCUT2D eigenvalue weighted by molar-refractivity contribution is 5.05. The van der Waals surface area contributed by atoms with Crippen LogP contribution >= 0.6 is 0 Å². The fraction of sp³-hybridized carbons (Fsp3) is 1.00. The van der Waals surface area contributed by atoms with E-state index in [0.29, 0.717) is 26.1 Å². The molecule has 2 atom stereocenters. The van der Waals surface area contributed by atoms with Crippen LogP contribution in [0, 0.1) is 5.92 Å². The summed E-state index contributed by atoms with van der Waals surface area (Å²) in [5.41, 5.74) is 4.52. The molecule has 3 aliphatic rings. The smallest absolute Gasteiger partial charge is 0.117 e. The number of nitrogens with two attached hydrogens (primary N) is 1. The molecule has 2 saturated heterocycles. The van der Waals surface area contributed by atoms with Crippen molar-refractivity contribution < 1.29 is 13.9 Å². The average Bonchev–Trinajstić information content (AvgIpc) is 2.64. The van der Waals surface area contributed by atoms with E-state index in [9.17, 15) is 4.39 Å². The Hall–Kier alpha value is -0.190. The van der Waals surface area contributed by atoms with Gasteiger partial charge in [-0.25, -0.2) is 4.39 Å². The molecule has 16 heavy (non-hydrogen) atoms. The third kappa shape index (κ3) is 1.67. The number of ether oxygens (including phenoxy) is 2. The van der Waals surface area contributed by atoms with Crippen LogP contribution in [0.2, 0.25) is 0 Å². The van der Waals surface area contributed by atoms with Crippen LogP contribution < -0.4 is 5.73 Å². The first kappa shape index (κ1) is 10.9. The summed E-state index contributed by atoms with van der Waals surface area (Å²) in [4.78, 5) is 0. The molecule has 0 aromatic carbocycles. The van der Waals surface area contributed by atoms with E-state index in [-0.39, 0.29) is 17.6 Å².